The van der Waals surface area contributed by atoms with E-state index in [2.05, 4.69) is 6.92 Å². The second-order valence-corrected chi connectivity index (χ2v) is 6.37. The molecule has 1 saturated heterocycles. The van der Waals surface area contributed by atoms with Crippen LogP contribution < -0.4 is 0 Å². The minimum atomic E-state index is -0.468. The van der Waals surface area contributed by atoms with Gasteiger partial charge >= 0.3 is 6.09 Å². The third-order valence-corrected chi connectivity index (χ3v) is 3.50. The summed E-state index contributed by atoms with van der Waals surface area (Å²) in [5.74, 6) is 0.476. The maximum absolute atomic E-state index is 12.1. The van der Waals surface area contributed by atoms with E-state index < -0.39 is 5.60 Å². The Bertz CT molecular complexity index is 325. The Labute approximate surface area is 115 Å². The number of rotatable bonds is 3. The van der Waals surface area contributed by atoms with E-state index in [0.717, 1.165) is 19.3 Å². The molecule has 1 fully saturated rings. The number of ether oxygens (including phenoxy) is 1. The van der Waals surface area contributed by atoms with Gasteiger partial charge in [0, 0.05) is 19.1 Å². The Morgan fingerprint density at radius 1 is 1.47 bits per heavy atom. The second-order valence-electron chi connectivity index (χ2n) is 6.37. The number of carbonyl (C=O) groups excluding carboxylic acids is 2. The van der Waals surface area contributed by atoms with Crippen molar-refractivity contribution in [2.75, 3.05) is 26.7 Å². The van der Waals surface area contributed by atoms with Gasteiger partial charge in [-0.15, -0.1) is 0 Å². The summed E-state index contributed by atoms with van der Waals surface area (Å²) in [4.78, 5) is 26.4. The van der Waals surface area contributed by atoms with Gasteiger partial charge in [0.25, 0.3) is 0 Å². The highest BCUT2D eigenvalue weighted by Crippen LogP contribution is 2.22. The lowest BCUT2D eigenvalue weighted by Gasteiger charge is -2.41. The van der Waals surface area contributed by atoms with Crippen molar-refractivity contribution in [1.82, 2.24) is 9.80 Å². The zero-order chi connectivity index (χ0) is 14.6. The van der Waals surface area contributed by atoms with E-state index in [9.17, 15) is 9.59 Å². The molecule has 1 aliphatic rings. The number of carbonyl (C=O) groups is 2. The summed E-state index contributed by atoms with van der Waals surface area (Å²) in [5.41, 5.74) is -0.468. The van der Waals surface area contributed by atoms with E-state index in [0.29, 0.717) is 19.0 Å². The van der Waals surface area contributed by atoms with Crippen molar-refractivity contribution in [3.05, 3.63) is 0 Å². The summed E-state index contributed by atoms with van der Waals surface area (Å²) in [6.07, 6.45) is 1.58. The number of amides is 1. The SMILES string of the molecule is C[C@H]1CCN(C(=O)OC(C)(C)C)C[C@H]1N(C)CC=O. The number of hydrogen-bond acceptors (Lipinski definition) is 4. The molecule has 0 saturated carbocycles. The normalized spacial score (nSPS) is 24.4. The maximum Gasteiger partial charge on any atom is 0.410 e. The predicted molar refractivity (Wildman–Crippen MR) is 74.1 cm³/mol. The summed E-state index contributed by atoms with van der Waals surface area (Å²) < 4.78 is 5.40. The van der Waals surface area contributed by atoms with Gasteiger partial charge in [-0.05, 0) is 40.2 Å². The van der Waals surface area contributed by atoms with Gasteiger partial charge in [-0.1, -0.05) is 6.92 Å². The van der Waals surface area contributed by atoms with Crippen LogP contribution in [0.4, 0.5) is 4.79 Å². The number of hydrogen-bond donors (Lipinski definition) is 0. The summed E-state index contributed by atoms with van der Waals surface area (Å²) in [5, 5.41) is 0. The number of aldehydes is 1. The van der Waals surface area contributed by atoms with E-state index in [-0.39, 0.29) is 12.1 Å². The van der Waals surface area contributed by atoms with Crippen molar-refractivity contribution in [3.8, 4) is 0 Å². The van der Waals surface area contributed by atoms with Gasteiger partial charge in [0.1, 0.15) is 11.9 Å². The molecule has 0 aromatic carbocycles. The molecule has 19 heavy (non-hydrogen) atoms. The Balaban J connectivity index is 2.63. The van der Waals surface area contributed by atoms with Crippen LogP contribution in [0.3, 0.4) is 0 Å². The van der Waals surface area contributed by atoms with Gasteiger partial charge in [0.15, 0.2) is 0 Å². The molecule has 5 nitrogen and oxygen atoms in total. The third kappa shape index (κ3) is 4.82. The van der Waals surface area contributed by atoms with Crippen molar-refractivity contribution in [3.63, 3.8) is 0 Å². The number of likely N-dealkylation sites (N-methyl/N-ethyl adjacent to an activating group) is 1. The van der Waals surface area contributed by atoms with E-state index in [1.165, 1.54) is 0 Å². The Morgan fingerprint density at radius 2 is 2.11 bits per heavy atom. The Hall–Kier alpha value is -1.10. The van der Waals surface area contributed by atoms with Gasteiger partial charge in [-0.2, -0.15) is 0 Å². The van der Waals surface area contributed by atoms with Crippen LogP contribution in [0.15, 0.2) is 0 Å². The van der Waals surface area contributed by atoms with Crippen molar-refractivity contribution < 1.29 is 14.3 Å². The first-order valence-corrected chi connectivity index (χ1v) is 6.86. The molecule has 0 unspecified atom stereocenters. The fourth-order valence-electron chi connectivity index (χ4n) is 2.37. The van der Waals surface area contributed by atoms with Crippen LogP contribution in [-0.4, -0.2) is 60.5 Å². The Morgan fingerprint density at radius 3 is 2.63 bits per heavy atom. The van der Waals surface area contributed by atoms with Crippen LogP contribution in [-0.2, 0) is 9.53 Å². The number of piperidine rings is 1. The highest BCUT2D eigenvalue weighted by molar-refractivity contribution is 5.68. The Kier molecular flexibility index (Phi) is 5.35. The first-order valence-electron chi connectivity index (χ1n) is 6.86. The van der Waals surface area contributed by atoms with Crippen LogP contribution in [0.2, 0.25) is 0 Å². The topological polar surface area (TPSA) is 49.9 Å². The molecular weight excluding hydrogens is 244 g/mol. The van der Waals surface area contributed by atoms with Crippen molar-refractivity contribution >= 4 is 12.4 Å². The molecule has 5 heteroatoms. The molecule has 1 heterocycles. The summed E-state index contributed by atoms with van der Waals surface area (Å²) in [6, 6.07) is 0.214. The van der Waals surface area contributed by atoms with Crippen LogP contribution in [0.1, 0.15) is 34.1 Å². The summed E-state index contributed by atoms with van der Waals surface area (Å²) in [7, 11) is 1.92. The second kappa shape index (κ2) is 6.37. The largest absolute Gasteiger partial charge is 0.444 e. The summed E-state index contributed by atoms with van der Waals surface area (Å²) >= 11 is 0. The van der Waals surface area contributed by atoms with Gasteiger partial charge in [0.2, 0.25) is 0 Å². The molecule has 0 aromatic heterocycles. The molecule has 0 radical (unpaired) electrons. The minimum absolute atomic E-state index is 0.214. The van der Waals surface area contributed by atoms with Crippen molar-refractivity contribution in [2.45, 2.75) is 45.8 Å². The third-order valence-electron chi connectivity index (χ3n) is 3.50. The highest BCUT2D eigenvalue weighted by atomic mass is 16.6. The molecule has 0 spiro atoms. The first kappa shape index (κ1) is 16.0. The minimum Gasteiger partial charge on any atom is -0.444 e. The number of nitrogens with zero attached hydrogens (tertiary/aromatic N) is 2. The predicted octanol–water partition coefficient (Wildman–Crippen LogP) is 1.76. The highest BCUT2D eigenvalue weighted by Gasteiger charge is 2.33. The zero-order valence-corrected chi connectivity index (χ0v) is 12.7. The monoisotopic (exact) mass is 270 g/mol. The molecule has 0 N–H and O–H groups in total. The molecule has 2 atom stereocenters. The van der Waals surface area contributed by atoms with E-state index >= 15 is 0 Å². The van der Waals surface area contributed by atoms with Crippen LogP contribution in [0.5, 0.6) is 0 Å². The van der Waals surface area contributed by atoms with Gasteiger partial charge in [-0.3, -0.25) is 4.90 Å². The van der Waals surface area contributed by atoms with Crippen molar-refractivity contribution in [1.29, 1.82) is 0 Å². The van der Waals surface area contributed by atoms with Crippen molar-refractivity contribution in [2.24, 2.45) is 5.92 Å². The van der Waals surface area contributed by atoms with Crippen LogP contribution >= 0.6 is 0 Å². The molecule has 0 aliphatic carbocycles. The lowest BCUT2D eigenvalue weighted by Crippen LogP contribution is -2.53. The average molecular weight is 270 g/mol. The lowest BCUT2D eigenvalue weighted by atomic mass is 9.92. The van der Waals surface area contributed by atoms with Gasteiger partial charge in [-0.25, -0.2) is 4.79 Å². The lowest BCUT2D eigenvalue weighted by molar-refractivity contribution is -0.109. The first-order chi connectivity index (χ1) is 8.74. The number of likely N-dealkylation sites (tertiary alicyclic amines) is 1. The molecule has 1 amide bonds. The van der Waals surface area contributed by atoms with E-state index in [1.54, 1.807) is 4.90 Å². The smallest absolute Gasteiger partial charge is 0.410 e. The molecule has 1 rings (SSSR count). The standard InChI is InChI=1S/C14H26N2O3/c1-11-6-7-16(13(18)19-14(2,3)4)10-12(11)15(5)8-9-17/h9,11-12H,6-8,10H2,1-5H3/t11-,12+/m0/s1. The molecule has 1 aliphatic heterocycles. The fourth-order valence-corrected chi connectivity index (χ4v) is 2.37. The molecular formula is C14H26N2O3. The average Bonchev–Trinajstić information content (AvgIpc) is 2.27. The van der Waals surface area contributed by atoms with Gasteiger partial charge < -0.3 is 14.4 Å². The van der Waals surface area contributed by atoms with Gasteiger partial charge in [0.05, 0.1) is 6.54 Å². The van der Waals surface area contributed by atoms with Crippen LogP contribution in [0, 0.1) is 5.92 Å². The zero-order valence-electron chi connectivity index (χ0n) is 12.7. The maximum atomic E-state index is 12.1. The quantitative estimate of drug-likeness (QED) is 0.733. The molecule has 0 aromatic rings. The fraction of sp³-hybridized carbons (Fsp3) is 0.857. The van der Waals surface area contributed by atoms with E-state index in [4.69, 9.17) is 4.74 Å². The van der Waals surface area contributed by atoms with E-state index in [1.807, 2.05) is 32.7 Å². The molecule has 0 bridgehead atoms. The molecule has 110 valence electrons. The summed E-state index contributed by atoms with van der Waals surface area (Å²) in [6.45, 7) is 9.52. The van der Waals surface area contributed by atoms with Crippen LogP contribution in [0.25, 0.3) is 0 Å².